The van der Waals surface area contributed by atoms with E-state index in [9.17, 15) is 22.8 Å². The second-order valence-corrected chi connectivity index (χ2v) is 7.52. The van der Waals surface area contributed by atoms with E-state index in [1.54, 1.807) is 6.92 Å². The average Bonchev–Trinajstić information content (AvgIpc) is 2.69. The van der Waals surface area contributed by atoms with E-state index in [1.165, 1.54) is 23.1 Å². The molecule has 1 saturated heterocycles. The van der Waals surface area contributed by atoms with Gasteiger partial charge >= 0.3 is 18.0 Å². The fourth-order valence-electron chi connectivity index (χ4n) is 3.01. The van der Waals surface area contributed by atoms with Gasteiger partial charge in [0, 0.05) is 24.3 Å². The van der Waals surface area contributed by atoms with Crippen LogP contribution in [-0.2, 0) is 15.8 Å². The number of allylic oxidation sites excluding steroid dienone is 3. The van der Waals surface area contributed by atoms with Gasteiger partial charge in [-0.05, 0) is 56.2 Å². The van der Waals surface area contributed by atoms with Gasteiger partial charge in [-0.3, -0.25) is 14.6 Å². The van der Waals surface area contributed by atoms with Crippen LogP contribution >= 0.6 is 23.2 Å². The van der Waals surface area contributed by atoms with Crippen LogP contribution in [0.3, 0.4) is 0 Å². The first-order chi connectivity index (χ1) is 14.0. The molecule has 162 valence electrons. The minimum atomic E-state index is -4.65. The molecular formula is C19H19Cl2F3N4O2. The van der Waals surface area contributed by atoms with Crippen LogP contribution in [0.2, 0.25) is 5.02 Å². The molecule has 11 heteroatoms. The van der Waals surface area contributed by atoms with E-state index in [0.29, 0.717) is 23.4 Å². The number of carbonyl (C=O) groups is 2. The van der Waals surface area contributed by atoms with Gasteiger partial charge in [0.25, 0.3) is 0 Å². The van der Waals surface area contributed by atoms with Crippen molar-refractivity contribution in [2.45, 2.75) is 31.9 Å². The summed E-state index contributed by atoms with van der Waals surface area (Å²) < 4.78 is 39.0. The smallest absolute Gasteiger partial charge is 0.334 e. The molecule has 1 N–H and O–H groups in total. The Bertz CT molecular complexity index is 888. The fraction of sp³-hybridized carbons (Fsp3) is 0.368. The number of hydrogen-bond donors (Lipinski definition) is 1. The number of piperidine rings is 1. The monoisotopic (exact) mass is 462 g/mol. The molecule has 0 radical (unpaired) electrons. The number of pyridine rings is 1. The summed E-state index contributed by atoms with van der Waals surface area (Å²) in [6.45, 7) is 5.32. The number of rotatable bonds is 4. The van der Waals surface area contributed by atoms with E-state index >= 15 is 0 Å². The molecule has 1 aliphatic heterocycles. The zero-order valence-electron chi connectivity index (χ0n) is 16.0. The summed E-state index contributed by atoms with van der Waals surface area (Å²) in [6.07, 6.45) is 0.0186. The molecule has 1 fully saturated rings. The van der Waals surface area contributed by atoms with E-state index in [4.69, 9.17) is 23.2 Å². The molecule has 1 aromatic rings. The number of amides is 2. The van der Waals surface area contributed by atoms with Gasteiger partial charge in [-0.1, -0.05) is 23.2 Å². The number of aromatic nitrogens is 1. The number of aliphatic imine (C=N–C) groups is 1. The van der Waals surface area contributed by atoms with Crippen molar-refractivity contribution in [2.24, 2.45) is 4.99 Å². The third-order valence-corrected chi connectivity index (χ3v) is 5.01. The SMILES string of the molecule is C=N/C(=C\C=C(/C)Cl)NC(=O)C(=O)N1CCC(c2ccnc(C(F)(F)F)c2Cl)CC1. The third-order valence-electron chi connectivity index (χ3n) is 4.49. The first-order valence-corrected chi connectivity index (χ1v) is 9.62. The Balaban J connectivity index is 2.03. The highest BCUT2D eigenvalue weighted by molar-refractivity contribution is 6.35. The van der Waals surface area contributed by atoms with Crippen molar-refractivity contribution in [3.05, 3.63) is 51.5 Å². The number of carbonyl (C=O) groups excluding carboxylic acids is 2. The van der Waals surface area contributed by atoms with Crippen LogP contribution in [0.4, 0.5) is 13.2 Å². The molecule has 6 nitrogen and oxygen atoms in total. The lowest BCUT2D eigenvalue weighted by molar-refractivity contribution is -0.146. The molecular weight excluding hydrogens is 444 g/mol. The maximum atomic E-state index is 13.0. The lowest BCUT2D eigenvalue weighted by atomic mass is 9.89. The van der Waals surface area contributed by atoms with Crippen LogP contribution in [0, 0.1) is 0 Å². The fourth-order valence-corrected chi connectivity index (χ4v) is 3.44. The number of hydrogen-bond acceptors (Lipinski definition) is 4. The van der Waals surface area contributed by atoms with Gasteiger partial charge < -0.3 is 10.2 Å². The molecule has 0 bridgehead atoms. The van der Waals surface area contributed by atoms with Crippen molar-refractivity contribution in [1.29, 1.82) is 0 Å². The Labute approximate surface area is 181 Å². The summed E-state index contributed by atoms with van der Waals surface area (Å²) in [5.41, 5.74) is -0.795. The summed E-state index contributed by atoms with van der Waals surface area (Å²) in [6, 6.07) is 1.45. The number of alkyl halides is 3. The largest absolute Gasteiger partial charge is 0.434 e. The van der Waals surface area contributed by atoms with E-state index in [0.717, 1.165) is 6.20 Å². The molecule has 2 amide bonds. The molecule has 1 aliphatic rings. The second-order valence-electron chi connectivity index (χ2n) is 6.54. The predicted octanol–water partition coefficient (Wildman–Crippen LogP) is 4.26. The van der Waals surface area contributed by atoms with Crippen LogP contribution in [0.15, 0.2) is 40.3 Å². The van der Waals surface area contributed by atoms with Gasteiger partial charge in [-0.15, -0.1) is 0 Å². The molecule has 0 unspecified atom stereocenters. The van der Waals surface area contributed by atoms with Gasteiger partial charge in [-0.25, -0.2) is 4.99 Å². The summed E-state index contributed by atoms with van der Waals surface area (Å²) in [4.78, 5) is 32.8. The molecule has 0 aromatic carbocycles. The standard InChI is InChI=1S/C19H19Cl2F3N4O2/c1-11(20)3-4-14(25-2)27-17(29)18(30)28-9-6-12(7-10-28)13-5-8-26-16(15(13)21)19(22,23)24/h3-5,8,12H,2,6-7,9-10H2,1H3,(H,27,29)/b11-3+,14-4+. The molecule has 2 rings (SSSR count). The van der Waals surface area contributed by atoms with Gasteiger partial charge in [-0.2, -0.15) is 13.2 Å². The molecule has 30 heavy (non-hydrogen) atoms. The highest BCUT2D eigenvalue weighted by Crippen LogP contribution is 2.39. The maximum absolute atomic E-state index is 13.0. The minimum absolute atomic E-state index is 0.0616. The first kappa shape index (κ1) is 23.9. The zero-order chi connectivity index (χ0) is 22.5. The number of nitrogens with one attached hydrogen (secondary N) is 1. The number of halogens is 5. The van der Waals surface area contributed by atoms with Crippen molar-refractivity contribution in [1.82, 2.24) is 15.2 Å². The van der Waals surface area contributed by atoms with E-state index in [2.05, 4.69) is 22.0 Å². The van der Waals surface area contributed by atoms with Crippen LogP contribution < -0.4 is 5.32 Å². The quantitative estimate of drug-likeness (QED) is 0.412. The molecule has 2 heterocycles. The third kappa shape index (κ3) is 6.06. The average molecular weight is 463 g/mol. The minimum Gasteiger partial charge on any atom is -0.334 e. The first-order valence-electron chi connectivity index (χ1n) is 8.87. The Morgan fingerprint density at radius 1 is 1.33 bits per heavy atom. The highest BCUT2D eigenvalue weighted by atomic mass is 35.5. The predicted molar refractivity (Wildman–Crippen MR) is 108 cm³/mol. The summed E-state index contributed by atoms with van der Waals surface area (Å²) in [7, 11) is 0. The van der Waals surface area contributed by atoms with Crippen LogP contribution in [-0.4, -0.2) is 41.5 Å². The van der Waals surface area contributed by atoms with E-state index < -0.39 is 28.7 Å². The molecule has 0 aliphatic carbocycles. The highest BCUT2D eigenvalue weighted by Gasteiger charge is 2.37. The number of nitrogens with zero attached hydrogens (tertiary/aromatic N) is 3. The van der Waals surface area contributed by atoms with Gasteiger partial charge in [0.15, 0.2) is 5.69 Å². The van der Waals surface area contributed by atoms with E-state index in [-0.39, 0.29) is 24.8 Å². The summed E-state index contributed by atoms with van der Waals surface area (Å²) >= 11 is 11.6. The number of likely N-dealkylation sites (tertiary alicyclic amines) is 1. The van der Waals surface area contributed by atoms with Crippen molar-refractivity contribution < 1.29 is 22.8 Å². The summed E-state index contributed by atoms with van der Waals surface area (Å²) in [5, 5.41) is 2.36. The van der Waals surface area contributed by atoms with Crippen LogP contribution in [0.5, 0.6) is 0 Å². The molecule has 0 atom stereocenters. The second kappa shape index (κ2) is 10.1. The Morgan fingerprint density at radius 3 is 2.50 bits per heavy atom. The molecule has 0 saturated carbocycles. The van der Waals surface area contributed by atoms with E-state index in [1.807, 2.05) is 0 Å². The normalized spacial score (nSPS) is 16.4. The summed E-state index contributed by atoms with van der Waals surface area (Å²) in [5.74, 6) is -1.89. The van der Waals surface area contributed by atoms with Crippen LogP contribution in [0.1, 0.15) is 36.9 Å². The lowest BCUT2D eigenvalue weighted by Gasteiger charge is -2.32. The topological polar surface area (TPSA) is 74.7 Å². The van der Waals surface area contributed by atoms with Crippen LogP contribution in [0.25, 0.3) is 0 Å². The molecule has 1 aromatic heterocycles. The molecule has 0 spiro atoms. The van der Waals surface area contributed by atoms with Crippen molar-refractivity contribution in [3.8, 4) is 0 Å². The van der Waals surface area contributed by atoms with Gasteiger partial charge in [0.2, 0.25) is 0 Å². The lowest BCUT2D eigenvalue weighted by Crippen LogP contribution is -2.45. The zero-order valence-corrected chi connectivity index (χ0v) is 17.5. The Kier molecular flexibility index (Phi) is 8.03. The van der Waals surface area contributed by atoms with Gasteiger partial charge in [0.05, 0.1) is 5.02 Å². The van der Waals surface area contributed by atoms with Crippen molar-refractivity contribution >= 4 is 41.7 Å². The Hall–Kier alpha value is -2.39. The van der Waals surface area contributed by atoms with Crippen molar-refractivity contribution in [3.63, 3.8) is 0 Å². The Morgan fingerprint density at radius 2 is 1.97 bits per heavy atom. The van der Waals surface area contributed by atoms with Gasteiger partial charge in [0.1, 0.15) is 5.82 Å². The maximum Gasteiger partial charge on any atom is 0.434 e. The van der Waals surface area contributed by atoms with Crippen molar-refractivity contribution in [2.75, 3.05) is 13.1 Å².